The summed E-state index contributed by atoms with van der Waals surface area (Å²) < 4.78 is 0. The van der Waals surface area contributed by atoms with Crippen molar-refractivity contribution in [1.29, 1.82) is 0 Å². The topological polar surface area (TPSA) is 20.3 Å². The molecule has 3 heteroatoms. The molecule has 0 N–H and O–H groups in total. The molecule has 108 valence electrons. The van der Waals surface area contributed by atoms with Crippen molar-refractivity contribution in [2.24, 2.45) is 0 Å². The first kappa shape index (κ1) is 14.3. The van der Waals surface area contributed by atoms with Gasteiger partial charge in [-0.3, -0.25) is 4.79 Å². The molecule has 2 nitrogen and oxygen atoms in total. The molecule has 1 aliphatic rings. The largest absolute Gasteiger partial charge is 0.342 e. The van der Waals surface area contributed by atoms with Crippen LogP contribution in [-0.4, -0.2) is 30.1 Å². The van der Waals surface area contributed by atoms with Gasteiger partial charge in [0, 0.05) is 19.5 Å². The highest BCUT2D eigenvalue weighted by Gasteiger charge is 2.22. The van der Waals surface area contributed by atoms with Gasteiger partial charge in [0.2, 0.25) is 5.91 Å². The van der Waals surface area contributed by atoms with E-state index in [0.29, 0.717) is 5.91 Å². The molecule has 1 fully saturated rings. The molecule has 1 heterocycles. The Kier molecular flexibility index (Phi) is 4.67. The van der Waals surface area contributed by atoms with E-state index >= 15 is 0 Å². The van der Waals surface area contributed by atoms with Crippen molar-refractivity contribution < 1.29 is 4.79 Å². The Balaban J connectivity index is 1.78. The van der Waals surface area contributed by atoms with Crippen LogP contribution in [0.15, 0.2) is 60.7 Å². The van der Waals surface area contributed by atoms with Gasteiger partial charge in [-0.15, -0.1) is 0 Å². The molecule has 0 saturated carbocycles. The number of likely N-dealkylation sites (tertiary alicyclic amines) is 1. The van der Waals surface area contributed by atoms with E-state index < -0.39 is 0 Å². The number of hydrogen-bond donors (Lipinski definition) is 0. The maximum Gasteiger partial charge on any atom is 0.222 e. The number of hydrogen-bond acceptors (Lipinski definition) is 1. The van der Waals surface area contributed by atoms with Gasteiger partial charge in [-0.2, -0.15) is 0 Å². The van der Waals surface area contributed by atoms with Crippen molar-refractivity contribution >= 4 is 24.4 Å². The number of carbonyl (C=O) groups excluding carboxylic acids is 1. The lowest BCUT2D eigenvalue weighted by Crippen LogP contribution is -2.29. The van der Waals surface area contributed by atoms with E-state index in [1.54, 1.807) is 0 Å². The summed E-state index contributed by atoms with van der Waals surface area (Å²) >= 11 is 0. The average molecular weight is 297 g/mol. The van der Waals surface area contributed by atoms with Crippen molar-refractivity contribution in [1.82, 2.24) is 4.90 Å². The smallest absolute Gasteiger partial charge is 0.222 e. The molecule has 0 spiro atoms. The molecule has 0 radical (unpaired) electrons. The van der Waals surface area contributed by atoms with Gasteiger partial charge in [-0.1, -0.05) is 60.7 Å². The summed E-state index contributed by atoms with van der Waals surface area (Å²) in [6.07, 6.45) is 2.80. The Morgan fingerprint density at radius 2 is 1.48 bits per heavy atom. The Hall–Kier alpha value is -1.66. The average Bonchev–Trinajstić information content (AvgIpc) is 2.95. The van der Waals surface area contributed by atoms with Crippen molar-refractivity contribution in [2.45, 2.75) is 12.8 Å². The quantitative estimate of drug-likeness (QED) is 0.777. The van der Waals surface area contributed by atoms with Crippen molar-refractivity contribution in [2.75, 3.05) is 19.3 Å². The number of carbonyl (C=O) groups is 1. The van der Waals surface area contributed by atoms with Crippen LogP contribution in [0.5, 0.6) is 0 Å². The van der Waals surface area contributed by atoms with Gasteiger partial charge in [-0.25, -0.2) is 0 Å². The van der Waals surface area contributed by atoms with Crippen molar-refractivity contribution in [3.8, 4) is 0 Å². The SMILES string of the molecule is O=C1CCCN1CCP(c1ccccc1)c1ccccc1. The predicted octanol–water partition coefficient (Wildman–Crippen LogP) is 2.74. The van der Waals surface area contributed by atoms with Gasteiger partial charge >= 0.3 is 0 Å². The first-order valence-corrected chi connectivity index (χ1v) is 9.03. The normalized spacial score (nSPS) is 14.9. The predicted molar refractivity (Wildman–Crippen MR) is 89.8 cm³/mol. The maximum atomic E-state index is 11.8. The van der Waals surface area contributed by atoms with Crippen LogP contribution in [0.1, 0.15) is 12.8 Å². The minimum atomic E-state index is -0.380. The summed E-state index contributed by atoms with van der Waals surface area (Å²) in [7, 11) is -0.380. The van der Waals surface area contributed by atoms with Crippen molar-refractivity contribution in [3.63, 3.8) is 0 Å². The lowest BCUT2D eigenvalue weighted by molar-refractivity contribution is -0.127. The zero-order chi connectivity index (χ0) is 14.5. The van der Waals surface area contributed by atoms with Gasteiger partial charge in [0.25, 0.3) is 0 Å². The molecular formula is C18H20NOP. The number of benzene rings is 2. The zero-order valence-electron chi connectivity index (χ0n) is 12.1. The third kappa shape index (κ3) is 3.51. The highest BCUT2D eigenvalue weighted by atomic mass is 31.1. The lowest BCUT2D eigenvalue weighted by Gasteiger charge is -2.22. The molecule has 1 amide bonds. The van der Waals surface area contributed by atoms with Gasteiger partial charge in [0.05, 0.1) is 0 Å². The second-order valence-corrected chi connectivity index (χ2v) is 7.64. The molecule has 21 heavy (non-hydrogen) atoms. The van der Waals surface area contributed by atoms with Gasteiger partial charge in [-0.05, 0) is 31.1 Å². The molecule has 0 unspecified atom stereocenters. The fourth-order valence-corrected chi connectivity index (χ4v) is 5.10. The summed E-state index contributed by atoms with van der Waals surface area (Å²) in [5, 5.41) is 2.79. The van der Waals surface area contributed by atoms with Gasteiger partial charge < -0.3 is 4.90 Å². The third-order valence-corrected chi connectivity index (χ3v) is 6.39. The second kappa shape index (κ2) is 6.87. The second-order valence-electron chi connectivity index (χ2n) is 5.31. The third-order valence-electron chi connectivity index (χ3n) is 3.90. The highest BCUT2D eigenvalue weighted by molar-refractivity contribution is 7.73. The molecule has 0 aromatic heterocycles. The van der Waals surface area contributed by atoms with E-state index in [4.69, 9.17) is 0 Å². The van der Waals surface area contributed by atoms with E-state index in [1.165, 1.54) is 10.6 Å². The Labute approximate surface area is 127 Å². The molecule has 3 rings (SSSR count). The fourth-order valence-electron chi connectivity index (χ4n) is 2.78. The zero-order valence-corrected chi connectivity index (χ0v) is 13.0. The summed E-state index contributed by atoms with van der Waals surface area (Å²) in [6.45, 7) is 1.82. The Bertz CT molecular complexity index is 545. The van der Waals surface area contributed by atoms with Gasteiger partial charge in [0.1, 0.15) is 0 Å². The molecule has 1 aliphatic heterocycles. The van der Waals surface area contributed by atoms with E-state index in [-0.39, 0.29) is 7.92 Å². The monoisotopic (exact) mass is 297 g/mol. The molecular weight excluding hydrogens is 277 g/mol. The molecule has 2 aromatic rings. The van der Waals surface area contributed by atoms with Crippen LogP contribution in [-0.2, 0) is 4.79 Å². The molecule has 0 aliphatic carbocycles. The van der Waals surface area contributed by atoms with E-state index in [2.05, 4.69) is 60.7 Å². The summed E-state index contributed by atoms with van der Waals surface area (Å²) in [4.78, 5) is 13.8. The van der Waals surface area contributed by atoms with E-state index in [0.717, 1.165) is 32.1 Å². The molecule has 0 bridgehead atoms. The van der Waals surface area contributed by atoms with Crippen LogP contribution >= 0.6 is 7.92 Å². The van der Waals surface area contributed by atoms with Crippen LogP contribution < -0.4 is 10.6 Å². The molecule has 0 atom stereocenters. The number of nitrogens with zero attached hydrogens (tertiary/aromatic N) is 1. The van der Waals surface area contributed by atoms with Gasteiger partial charge in [0.15, 0.2) is 0 Å². The van der Waals surface area contributed by atoms with Crippen LogP contribution in [0.2, 0.25) is 0 Å². The summed E-state index contributed by atoms with van der Waals surface area (Å²) in [5.41, 5.74) is 0. The minimum Gasteiger partial charge on any atom is -0.342 e. The lowest BCUT2D eigenvalue weighted by atomic mass is 10.4. The van der Waals surface area contributed by atoms with Crippen LogP contribution in [0.4, 0.5) is 0 Å². The molecule has 2 aromatic carbocycles. The first-order valence-electron chi connectivity index (χ1n) is 7.50. The van der Waals surface area contributed by atoms with E-state index in [9.17, 15) is 4.79 Å². The summed E-state index contributed by atoms with van der Waals surface area (Å²) in [6, 6.07) is 21.4. The first-order chi connectivity index (χ1) is 10.3. The van der Waals surface area contributed by atoms with Crippen LogP contribution in [0, 0.1) is 0 Å². The highest BCUT2D eigenvalue weighted by Crippen LogP contribution is 2.33. The summed E-state index contributed by atoms with van der Waals surface area (Å²) in [5.74, 6) is 0.325. The fraction of sp³-hybridized carbons (Fsp3) is 0.278. The van der Waals surface area contributed by atoms with E-state index in [1.807, 2.05) is 4.90 Å². The maximum absolute atomic E-state index is 11.8. The van der Waals surface area contributed by atoms with Crippen LogP contribution in [0.3, 0.4) is 0 Å². The van der Waals surface area contributed by atoms with Crippen molar-refractivity contribution in [3.05, 3.63) is 60.7 Å². The standard InChI is InChI=1S/C18H20NOP/c20-18-12-7-13-19(18)14-15-21(16-8-3-1-4-9-16)17-10-5-2-6-11-17/h1-6,8-11H,7,12-15H2. The van der Waals surface area contributed by atoms with Crippen LogP contribution in [0.25, 0.3) is 0 Å². The minimum absolute atomic E-state index is 0.325. The Morgan fingerprint density at radius 1 is 0.905 bits per heavy atom. The Morgan fingerprint density at radius 3 is 1.95 bits per heavy atom. The number of amides is 1. The number of rotatable bonds is 5. The molecule has 1 saturated heterocycles.